The summed E-state index contributed by atoms with van der Waals surface area (Å²) in [5.41, 5.74) is 15.1. The quantitative estimate of drug-likeness (QED) is 0.149. The molecule has 0 spiro atoms. The van der Waals surface area contributed by atoms with Gasteiger partial charge in [-0.05, 0) is 125 Å². The van der Waals surface area contributed by atoms with E-state index in [-0.39, 0.29) is 0 Å². The van der Waals surface area contributed by atoms with Gasteiger partial charge in [-0.2, -0.15) is 0 Å². The maximum Gasteiger partial charge on any atom is 0.0546 e. The van der Waals surface area contributed by atoms with Crippen molar-refractivity contribution in [1.29, 1.82) is 0 Å². The molecule has 0 aliphatic heterocycles. The van der Waals surface area contributed by atoms with Crippen molar-refractivity contribution in [1.82, 2.24) is 0 Å². The third-order valence-electron chi connectivity index (χ3n) is 12.0. The SMILES string of the molecule is c1ccc(-c2ccc(-c3ccc(N(c4cccc(-c5cccc6ccccc56)c4)c4cc(-c5ccc6ccccc6c5)ccc4-c4ccc5ccccc5c4)cc3)cc2)cc1. The van der Waals surface area contributed by atoms with Crippen LogP contribution in [-0.4, -0.2) is 0 Å². The molecule has 0 radical (unpaired) electrons. The highest BCUT2D eigenvalue weighted by Crippen LogP contribution is 2.45. The maximum atomic E-state index is 2.45. The van der Waals surface area contributed by atoms with Crippen LogP contribution in [0.1, 0.15) is 0 Å². The molecule has 0 unspecified atom stereocenters. The van der Waals surface area contributed by atoms with E-state index in [1.807, 2.05) is 0 Å². The predicted octanol–water partition coefficient (Wildman–Crippen LogP) is 17.0. The standard InChI is InChI=1S/C60H41N/c1-2-12-42(13-3-1)45-24-26-46(27-25-45)47-32-35-55(36-33-47)61(56-21-10-20-53(40-56)58-23-11-19-48-16-8-9-22-57(48)58)60-41-52(51-30-28-43-14-4-6-17-49(43)38-51)34-37-59(60)54-31-29-44-15-5-7-18-50(44)39-54/h1-41H. The van der Waals surface area contributed by atoms with E-state index in [1.54, 1.807) is 0 Å². The van der Waals surface area contributed by atoms with Gasteiger partial charge >= 0.3 is 0 Å². The summed E-state index contributed by atoms with van der Waals surface area (Å²) in [6.07, 6.45) is 0. The van der Waals surface area contributed by atoms with Gasteiger partial charge in [0.15, 0.2) is 0 Å². The summed E-state index contributed by atoms with van der Waals surface area (Å²) in [7, 11) is 0. The van der Waals surface area contributed by atoms with E-state index in [0.717, 1.165) is 28.2 Å². The minimum Gasteiger partial charge on any atom is -0.310 e. The molecule has 0 aromatic heterocycles. The topological polar surface area (TPSA) is 3.24 Å². The lowest BCUT2D eigenvalue weighted by Gasteiger charge is -2.29. The van der Waals surface area contributed by atoms with Crippen LogP contribution in [0.15, 0.2) is 249 Å². The summed E-state index contributed by atoms with van der Waals surface area (Å²) in [4.78, 5) is 2.45. The van der Waals surface area contributed by atoms with Crippen molar-refractivity contribution >= 4 is 49.4 Å². The van der Waals surface area contributed by atoms with Crippen molar-refractivity contribution in [2.24, 2.45) is 0 Å². The molecular formula is C60H41N. The molecule has 0 heterocycles. The van der Waals surface area contributed by atoms with Crippen molar-refractivity contribution in [2.75, 3.05) is 4.90 Å². The zero-order valence-corrected chi connectivity index (χ0v) is 33.6. The zero-order chi connectivity index (χ0) is 40.5. The third kappa shape index (κ3) is 7.03. The molecule has 11 aromatic carbocycles. The zero-order valence-electron chi connectivity index (χ0n) is 33.6. The number of hydrogen-bond donors (Lipinski definition) is 0. The van der Waals surface area contributed by atoms with Crippen molar-refractivity contribution in [3.05, 3.63) is 249 Å². The number of nitrogens with zero attached hydrogens (tertiary/aromatic N) is 1. The first kappa shape index (κ1) is 36.1. The molecule has 0 bridgehead atoms. The second kappa shape index (κ2) is 15.6. The van der Waals surface area contributed by atoms with Crippen LogP contribution < -0.4 is 4.90 Å². The van der Waals surface area contributed by atoms with E-state index in [9.17, 15) is 0 Å². The number of rotatable bonds is 8. The largest absolute Gasteiger partial charge is 0.310 e. The van der Waals surface area contributed by atoms with Crippen molar-refractivity contribution in [3.63, 3.8) is 0 Å². The van der Waals surface area contributed by atoms with Gasteiger partial charge in [-0.15, -0.1) is 0 Å². The molecule has 61 heavy (non-hydrogen) atoms. The summed E-state index contributed by atoms with van der Waals surface area (Å²) in [5, 5.41) is 7.39. The molecule has 11 aromatic rings. The van der Waals surface area contributed by atoms with Crippen LogP contribution in [0, 0.1) is 0 Å². The average molecular weight is 776 g/mol. The molecule has 0 N–H and O–H groups in total. The lowest BCUT2D eigenvalue weighted by atomic mass is 9.94. The molecule has 0 saturated carbocycles. The normalized spacial score (nSPS) is 11.3. The van der Waals surface area contributed by atoms with Gasteiger partial charge in [0.05, 0.1) is 5.69 Å². The first-order valence-electron chi connectivity index (χ1n) is 21.0. The van der Waals surface area contributed by atoms with Gasteiger partial charge in [0.25, 0.3) is 0 Å². The van der Waals surface area contributed by atoms with Gasteiger partial charge in [0, 0.05) is 16.9 Å². The molecule has 0 saturated heterocycles. The maximum absolute atomic E-state index is 2.45. The predicted molar refractivity (Wildman–Crippen MR) is 261 cm³/mol. The highest BCUT2D eigenvalue weighted by molar-refractivity contribution is 5.99. The Kier molecular flexibility index (Phi) is 9.26. The molecule has 11 rings (SSSR count). The van der Waals surface area contributed by atoms with Crippen LogP contribution in [0.5, 0.6) is 0 Å². The number of fused-ring (bicyclic) bond motifs is 3. The molecule has 286 valence electrons. The molecule has 0 atom stereocenters. The smallest absolute Gasteiger partial charge is 0.0546 e. The Hall–Kier alpha value is -8.00. The minimum atomic E-state index is 1.08. The lowest BCUT2D eigenvalue weighted by Crippen LogP contribution is -2.11. The van der Waals surface area contributed by atoms with Gasteiger partial charge in [0.2, 0.25) is 0 Å². The van der Waals surface area contributed by atoms with Crippen LogP contribution in [0.3, 0.4) is 0 Å². The van der Waals surface area contributed by atoms with Crippen LogP contribution in [0.4, 0.5) is 17.1 Å². The van der Waals surface area contributed by atoms with Crippen molar-refractivity contribution in [3.8, 4) is 55.6 Å². The van der Waals surface area contributed by atoms with E-state index in [4.69, 9.17) is 0 Å². The summed E-state index contributed by atoms with van der Waals surface area (Å²) in [6.45, 7) is 0. The monoisotopic (exact) mass is 775 g/mol. The Morgan fingerprint density at radius 3 is 1.38 bits per heavy atom. The van der Waals surface area contributed by atoms with E-state index < -0.39 is 0 Å². The van der Waals surface area contributed by atoms with Crippen LogP contribution in [0.25, 0.3) is 88.0 Å². The Bertz CT molecular complexity index is 3340. The minimum absolute atomic E-state index is 1.08. The first-order valence-corrected chi connectivity index (χ1v) is 21.0. The second-order valence-corrected chi connectivity index (χ2v) is 15.8. The first-order chi connectivity index (χ1) is 30.2. The fourth-order valence-corrected chi connectivity index (χ4v) is 8.87. The fourth-order valence-electron chi connectivity index (χ4n) is 8.87. The van der Waals surface area contributed by atoms with E-state index in [0.29, 0.717) is 0 Å². The second-order valence-electron chi connectivity index (χ2n) is 15.8. The Morgan fingerprint density at radius 1 is 0.213 bits per heavy atom. The van der Waals surface area contributed by atoms with Gasteiger partial charge < -0.3 is 4.90 Å². The van der Waals surface area contributed by atoms with Crippen LogP contribution in [0.2, 0.25) is 0 Å². The molecule has 1 heteroatoms. The Morgan fingerprint density at radius 2 is 0.672 bits per heavy atom. The number of hydrogen-bond acceptors (Lipinski definition) is 1. The third-order valence-corrected chi connectivity index (χ3v) is 12.0. The van der Waals surface area contributed by atoms with Crippen molar-refractivity contribution < 1.29 is 0 Å². The van der Waals surface area contributed by atoms with Gasteiger partial charge in [-0.1, -0.05) is 206 Å². The summed E-state index contributed by atoms with van der Waals surface area (Å²) >= 11 is 0. The molecular weight excluding hydrogens is 735 g/mol. The molecule has 0 aliphatic carbocycles. The number of anilines is 3. The lowest BCUT2D eigenvalue weighted by molar-refractivity contribution is 1.28. The van der Waals surface area contributed by atoms with Crippen molar-refractivity contribution in [2.45, 2.75) is 0 Å². The summed E-state index contributed by atoms with van der Waals surface area (Å²) < 4.78 is 0. The van der Waals surface area contributed by atoms with Gasteiger partial charge in [-0.3, -0.25) is 0 Å². The highest BCUT2D eigenvalue weighted by atomic mass is 15.1. The average Bonchev–Trinajstić information content (AvgIpc) is 3.34. The van der Waals surface area contributed by atoms with Crippen LogP contribution in [-0.2, 0) is 0 Å². The highest BCUT2D eigenvalue weighted by Gasteiger charge is 2.20. The van der Waals surface area contributed by atoms with Gasteiger partial charge in [-0.25, -0.2) is 0 Å². The van der Waals surface area contributed by atoms with Gasteiger partial charge in [0.1, 0.15) is 0 Å². The van der Waals surface area contributed by atoms with E-state index >= 15 is 0 Å². The molecule has 0 fully saturated rings. The summed E-state index contributed by atoms with van der Waals surface area (Å²) in [5.74, 6) is 0. The molecule has 0 aliphatic rings. The number of benzene rings is 11. The van der Waals surface area contributed by atoms with Crippen LogP contribution >= 0.6 is 0 Å². The fraction of sp³-hybridized carbons (Fsp3) is 0. The molecule has 1 nitrogen and oxygen atoms in total. The molecule has 0 amide bonds. The Labute approximate surface area is 357 Å². The Balaban J connectivity index is 1.10. The van der Waals surface area contributed by atoms with E-state index in [1.165, 1.54) is 76.8 Å². The summed E-state index contributed by atoms with van der Waals surface area (Å²) in [6, 6.07) is 90.7. The van der Waals surface area contributed by atoms with E-state index in [2.05, 4.69) is 254 Å².